The minimum atomic E-state index is -3.55. The molecule has 1 unspecified atom stereocenters. The van der Waals surface area contributed by atoms with E-state index >= 15 is 0 Å². The molecular weight excluding hydrogens is 427 g/mol. The highest BCUT2D eigenvalue weighted by Crippen LogP contribution is 2.52. The molecule has 0 aromatic heterocycles. The molecule has 0 fully saturated rings. The first-order valence-electron chi connectivity index (χ1n) is 11.2. The topological polar surface area (TPSA) is 82.1 Å². The summed E-state index contributed by atoms with van der Waals surface area (Å²) in [6.07, 6.45) is 4.46. The minimum Gasteiger partial charge on any atom is -0.507 e. The maximum atomic E-state index is 13.3. The zero-order chi connectivity index (χ0) is 23.6. The van der Waals surface area contributed by atoms with Gasteiger partial charge in [0.1, 0.15) is 11.5 Å². The number of ether oxygens (including phenoxy) is 1. The van der Waals surface area contributed by atoms with E-state index in [-0.39, 0.29) is 24.3 Å². The first-order chi connectivity index (χ1) is 15.3. The quantitative estimate of drug-likeness (QED) is 0.204. The summed E-state index contributed by atoms with van der Waals surface area (Å²) in [5.41, 5.74) is 3.20. The number of carbonyl (C=O) groups is 1. The highest BCUT2D eigenvalue weighted by Gasteiger charge is 2.27. The lowest BCUT2D eigenvalue weighted by atomic mass is 9.98. The van der Waals surface area contributed by atoms with Crippen LogP contribution in [0.25, 0.3) is 11.1 Å². The Labute approximate surface area is 191 Å². The van der Waals surface area contributed by atoms with Crippen LogP contribution in [0.2, 0.25) is 0 Å². The van der Waals surface area contributed by atoms with E-state index in [1.165, 1.54) is 7.11 Å². The first-order valence-corrected chi connectivity index (χ1v) is 13.0. The number of carbonyl (C=O) groups excluding carboxylic acids is 1. The summed E-state index contributed by atoms with van der Waals surface area (Å²) in [4.78, 5) is 11.6. The number of hydrogen-bond donors (Lipinski definition) is 1. The molecule has 6 nitrogen and oxygen atoms in total. The Morgan fingerprint density at radius 2 is 1.88 bits per heavy atom. The molecule has 1 N–H and O–H groups in total. The zero-order valence-corrected chi connectivity index (χ0v) is 20.5. The fourth-order valence-corrected chi connectivity index (χ4v) is 4.85. The third kappa shape index (κ3) is 7.68. The zero-order valence-electron chi connectivity index (χ0n) is 19.6. The molecule has 0 saturated carbocycles. The van der Waals surface area contributed by atoms with Crippen molar-refractivity contribution in [3.8, 4) is 22.6 Å². The largest absolute Gasteiger partial charge is 0.507 e. The molecule has 32 heavy (non-hydrogen) atoms. The average molecular weight is 463 g/mol. The van der Waals surface area contributed by atoms with E-state index in [2.05, 4.69) is 6.92 Å². The molecule has 7 heteroatoms. The highest BCUT2D eigenvalue weighted by molar-refractivity contribution is 7.54. The van der Waals surface area contributed by atoms with Crippen LogP contribution in [-0.2, 0) is 25.0 Å². The molecule has 2 aromatic rings. The SMILES string of the molecule is CCCCCc1cc(O)c(-c2cccc(C)c2)c(OP(=O)(CCCC(=O)OCC)OC)c1. The van der Waals surface area contributed by atoms with Gasteiger partial charge in [0.15, 0.2) is 0 Å². The molecular formula is C25H35O6P. The molecule has 176 valence electrons. The van der Waals surface area contributed by atoms with Crippen LogP contribution in [0.1, 0.15) is 57.1 Å². The van der Waals surface area contributed by atoms with E-state index in [1.54, 1.807) is 13.0 Å². The lowest BCUT2D eigenvalue weighted by Crippen LogP contribution is -2.07. The number of rotatable bonds is 13. The van der Waals surface area contributed by atoms with E-state index in [0.717, 1.165) is 42.4 Å². The fourth-order valence-electron chi connectivity index (χ4n) is 3.52. The van der Waals surface area contributed by atoms with Gasteiger partial charge < -0.3 is 18.9 Å². The second-order valence-corrected chi connectivity index (χ2v) is 10.0. The van der Waals surface area contributed by atoms with Crippen LogP contribution >= 0.6 is 7.60 Å². The summed E-state index contributed by atoms with van der Waals surface area (Å²) >= 11 is 0. The second-order valence-electron chi connectivity index (χ2n) is 7.83. The van der Waals surface area contributed by atoms with Crippen LogP contribution in [0.5, 0.6) is 11.5 Å². The standard InChI is InChI=1S/C25H35O6P/c1-5-7-8-12-20-17-22(26)25(21-13-9-11-19(3)16-21)23(18-20)31-32(28,29-4)15-10-14-24(27)30-6-2/h9,11,13,16-18,26H,5-8,10,12,14-15H2,1-4H3. The molecule has 1 atom stereocenters. The van der Waals surface area contributed by atoms with Crippen molar-refractivity contribution >= 4 is 13.6 Å². The van der Waals surface area contributed by atoms with Crippen molar-refractivity contribution in [2.75, 3.05) is 19.9 Å². The third-order valence-corrected chi connectivity index (χ3v) is 7.05. The lowest BCUT2D eigenvalue weighted by Gasteiger charge is -2.21. The van der Waals surface area contributed by atoms with Gasteiger partial charge >= 0.3 is 13.6 Å². The van der Waals surface area contributed by atoms with Crippen LogP contribution in [-0.4, -0.2) is 31.0 Å². The summed E-state index contributed by atoms with van der Waals surface area (Å²) in [5, 5.41) is 10.9. The Balaban J connectivity index is 2.36. The number of phenols is 1. The van der Waals surface area contributed by atoms with Crippen LogP contribution in [0, 0.1) is 6.92 Å². The van der Waals surface area contributed by atoms with Crippen molar-refractivity contribution in [2.24, 2.45) is 0 Å². The van der Waals surface area contributed by atoms with E-state index in [1.807, 2.05) is 37.3 Å². The van der Waals surface area contributed by atoms with Crippen molar-refractivity contribution in [1.29, 1.82) is 0 Å². The predicted octanol–water partition coefficient (Wildman–Crippen LogP) is 6.66. The van der Waals surface area contributed by atoms with Gasteiger partial charge in [0, 0.05) is 13.5 Å². The normalized spacial score (nSPS) is 12.9. The van der Waals surface area contributed by atoms with E-state index in [0.29, 0.717) is 24.3 Å². The van der Waals surface area contributed by atoms with Crippen LogP contribution in [0.15, 0.2) is 36.4 Å². The summed E-state index contributed by atoms with van der Waals surface area (Å²) in [6.45, 7) is 6.16. The third-order valence-electron chi connectivity index (χ3n) is 5.15. The molecule has 0 saturated heterocycles. The van der Waals surface area contributed by atoms with Crippen molar-refractivity contribution < 1.29 is 28.3 Å². The van der Waals surface area contributed by atoms with Gasteiger partial charge in [0.05, 0.1) is 18.3 Å². The Hall–Kier alpha value is -2.30. The molecule has 0 amide bonds. The Morgan fingerprint density at radius 3 is 2.53 bits per heavy atom. The number of esters is 1. The van der Waals surface area contributed by atoms with Gasteiger partial charge in [-0.1, -0.05) is 49.6 Å². The highest BCUT2D eigenvalue weighted by atomic mass is 31.2. The summed E-state index contributed by atoms with van der Waals surface area (Å²) in [7, 11) is -2.21. The Bertz CT molecular complexity index is 940. The molecule has 0 spiro atoms. The monoisotopic (exact) mass is 462 g/mol. The van der Waals surface area contributed by atoms with Crippen LogP contribution in [0.4, 0.5) is 0 Å². The van der Waals surface area contributed by atoms with Crippen molar-refractivity contribution in [3.05, 3.63) is 47.5 Å². The van der Waals surface area contributed by atoms with Gasteiger partial charge in [0.25, 0.3) is 0 Å². The summed E-state index contributed by atoms with van der Waals surface area (Å²) in [5.74, 6) is 0.0587. The number of hydrogen-bond acceptors (Lipinski definition) is 6. The van der Waals surface area contributed by atoms with Gasteiger partial charge in [-0.15, -0.1) is 0 Å². The first kappa shape index (κ1) is 26.0. The molecule has 0 radical (unpaired) electrons. The molecule has 2 rings (SSSR count). The Kier molecular flexibility index (Phi) is 10.3. The van der Waals surface area contributed by atoms with E-state index in [9.17, 15) is 14.5 Å². The number of aromatic hydroxyl groups is 1. The van der Waals surface area contributed by atoms with E-state index in [4.69, 9.17) is 13.8 Å². The van der Waals surface area contributed by atoms with E-state index < -0.39 is 7.60 Å². The number of phenolic OH excluding ortho intramolecular Hbond substituents is 1. The van der Waals surface area contributed by atoms with Gasteiger partial charge in [-0.05, 0) is 56.4 Å². The van der Waals surface area contributed by atoms with Gasteiger partial charge in [0.2, 0.25) is 0 Å². The molecule has 0 aliphatic heterocycles. The van der Waals surface area contributed by atoms with Gasteiger partial charge in [-0.3, -0.25) is 4.79 Å². The molecule has 0 aliphatic carbocycles. The molecule has 2 aromatic carbocycles. The van der Waals surface area contributed by atoms with Crippen molar-refractivity contribution in [3.63, 3.8) is 0 Å². The van der Waals surface area contributed by atoms with Crippen LogP contribution < -0.4 is 4.52 Å². The van der Waals surface area contributed by atoms with Crippen LogP contribution in [0.3, 0.4) is 0 Å². The molecule has 0 bridgehead atoms. The maximum Gasteiger partial charge on any atom is 0.378 e. The average Bonchev–Trinajstić information content (AvgIpc) is 2.74. The maximum absolute atomic E-state index is 13.3. The summed E-state index contributed by atoms with van der Waals surface area (Å²) in [6, 6.07) is 11.3. The number of benzene rings is 2. The van der Waals surface area contributed by atoms with Gasteiger partial charge in [-0.2, -0.15) is 0 Å². The molecule has 0 aliphatic rings. The predicted molar refractivity (Wildman–Crippen MR) is 127 cm³/mol. The molecule has 0 heterocycles. The minimum absolute atomic E-state index is 0.0659. The van der Waals surface area contributed by atoms with Crippen molar-refractivity contribution in [2.45, 2.75) is 59.3 Å². The van der Waals surface area contributed by atoms with Crippen molar-refractivity contribution in [1.82, 2.24) is 0 Å². The van der Waals surface area contributed by atoms with Gasteiger partial charge in [-0.25, -0.2) is 4.57 Å². The lowest BCUT2D eigenvalue weighted by molar-refractivity contribution is -0.143. The fraction of sp³-hybridized carbons (Fsp3) is 0.480. The smallest absolute Gasteiger partial charge is 0.378 e. The summed E-state index contributed by atoms with van der Waals surface area (Å²) < 4.78 is 29.5. The number of unbranched alkanes of at least 4 members (excludes halogenated alkanes) is 2. The number of aryl methyl sites for hydroxylation is 2. The second kappa shape index (κ2) is 12.7. The Morgan fingerprint density at radius 1 is 1.09 bits per heavy atom.